The van der Waals surface area contributed by atoms with Crippen molar-refractivity contribution in [2.45, 2.75) is 32.6 Å². The number of carboxylic acids is 1. The van der Waals surface area contributed by atoms with E-state index in [9.17, 15) is 9.59 Å². The van der Waals surface area contributed by atoms with Crippen molar-refractivity contribution < 1.29 is 14.7 Å². The van der Waals surface area contributed by atoms with E-state index >= 15 is 0 Å². The molecule has 0 aromatic heterocycles. The normalized spacial score (nSPS) is 17.4. The van der Waals surface area contributed by atoms with Gasteiger partial charge in [-0.25, -0.2) is 9.79 Å². The Morgan fingerprint density at radius 3 is 2.70 bits per heavy atom. The molecule has 1 N–H and O–H groups in total. The molecule has 0 radical (unpaired) electrons. The largest absolute Gasteiger partial charge is 0.478 e. The quantitative estimate of drug-likeness (QED) is 0.543. The summed E-state index contributed by atoms with van der Waals surface area (Å²) in [6.07, 6.45) is 5.10. The van der Waals surface area contributed by atoms with Gasteiger partial charge >= 0.3 is 5.97 Å². The lowest BCUT2D eigenvalue weighted by atomic mass is 10.1. The number of fused-ring (bicyclic) bond motifs is 1. The van der Waals surface area contributed by atoms with Gasteiger partial charge < -0.3 is 5.11 Å². The van der Waals surface area contributed by atoms with E-state index in [1.54, 1.807) is 4.90 Å². The van der Waals surface area contributed by atoms with E-state index in [-0.39, 0.29) is 10.8 Å². The molecule has 1 aliphatic heterocycles. The zero-order valence-electron chi connectivity index (χ0n) is 15.2. The molecule has 5 nitrogen and oxygen atoms in total. The molecule has 0 atom stereocenters. The fourth-order valence-corrected chi connectivity index (χ4v) is 3.99. The fraction of sp³-hybridized carbons (Fsp3) is 0.286. The van der Waals surface area contributed by atoms with Crippen LogP contribution in [0.5, 0.6) is 0 Å². The lowest BCUT2D eigenvalue weighted by Crippen LogP contribution is -2.30. The van der Waals surface area contributed by atoms with Crippen molar-refractivity contribution in [1.29, 1.82) is 0 Å². The number of amidine groups is 1. The Morgan fingerprint density at radius 2 is 1.93 bits per heavy atom. The molecular weight excluding hydrogens is 360 g/mol. The first-order valence-corrected chi connectivity index (χ1v) is 9.92. The number of unbranched alkanes of at least 4 members (excludes halogenated alkanes) is 3. The minimum Gasteiger partial charge on any atom is -0.478 e. The molecule has 2 aromatic rings. The molecule has 140 valence electrons. The van der Waals surface area contributed by atoms with Crippen LogP contribution in [0.2, 0.25) is 0 Å². The second-order valence-electron chi connectivity index (χ2n) is 6.36. The number of carbonyl (C=O) groups is 2. The van der Waals surface area contributed by atoms with Crippen LogP contribution in [0.1, 0.15) is 32.6 Å². The average Bonchev–Trinajstić information content (AvgIpc) is 2.93. The Balaban J connectivity index is 1.94. The third-order valence-electron chi connectivity index (χ3n) is 4.36. The number of carbonyl (C=O) groups excluding carboxylic acids is 1. The van der Waals surface area contributed by atoms with Gasteiger partial charge in [-0.2, -0.15) is 0 Å². The van der Waals surface area contributed by atoms with E-state index < -0.39 is 5.97 Å². The molecule has 0 unspecified atom stereocenters. The minimum atomic E-state index is -1.12. The summed E-state index contributed by atoms with van der Waals surface area (Å²) in [5.74, 6) is -1.40. The van der Waals surface area contributed by atoms with Crippen LogP contribution < -0.4 is 0 Å². The summed E-state index contributed by atoms with van der Waals surface area (Å²) in [7, 11) is 0. The zero-order chi connectivity index (χ0) is 19.2. The maximum Gasteiger partial charge on any atom is 0.329 e. The minimum absolute atomic E-state index is 0.206. The van der Waals surface area contributed by atoms with Crippen LogP contribution >= 0.6 is 11.8 Å². The van der Waals surface area contributed by atoms with Crippen molar-refractivity contribution in [3.05, 3.63) is 53.4 Å². The number of aliphatic carboxylic acids is 1. The molecule has 27 heavy (non-hydrogen) atoms. The van der Waals surface area contributed by atoms with Crippen LogP contribution in [0.25, 0.3) is 10.8 Å². The number of benzene rings is 2. The number of aliphatic imine (C=N–C) groups is 1. The van der Waals surface area contributed by atoms with Gasteiger partial charge in [0.05, 0.1) is 10.6 Å². The topological polar surface area (TPSA) is 70.0 Å². The van der Waals surface area contributed by atoms with Crippen LogP contribution in [0, 0.1) is 0 Å². The zero-order valence-corrected chi connectivity index (χ0v) is 16.0. The molecule has 0 saturated carbocycles. The monoisotopic (exact) mass is 382 g/mol. The van der Waals surface area contributed by atoms with E-state index in [0.717, 1.165) is 60.0 Å². The Bertz CT molecular complexity index is 915. The highest BCUT2D eigenvalue weighted by molar-refractivity contribution is 8.18. The predicted octanol–water partition coefficient (Wildman–Crippen LogP) is 4.95. The second kappa shape index (κ2) is 8.86. The predicted molar refractivity (Wildman–Crippen MR) is 110 cm³/mol. The van der Waals surface area contributed by atoms with Crippen molar-refractivity contribution in [1.82, 2.24) is 4.90 Å². The number of nitrogens with zero attached hydrogens (tertiary/aromatic N) is 2. The second-order valence-corrected chi connectivity index (χ2v) is 7.37. The molecule has 0 spiro atoms. The van der Waals surface area contributed by atoms with Gasteiger partial charge in [0.1, 0.15) is 0 Å². The maximum absolute atomic E-state index is 12.7. The van der Waals surface area contributed by atoms with E-state index in [4.69, 9.17) is 10.1 Å². The van der Waals surface area contributed by atoms with Crippen molar-refractivity contribution >= 4 is 45.3 Å². The van der Waals surface area contributed by atoms with E-state index in [0.29, 0.717) is 11.7 Å². The summed E-state index contributed by atoms with van der Waals surface area (Å²) in [4.78, 5) is 30.2. The Hall–Kier alpha value is -2.60. The lowest BCUT2D eigenvalue weighted by molar-refractivity contribution is -0.132. The average molecular weight is 382 g/mol. The summed E-state index contributed by atoms with van der Waals surface area (Å²) in [5.41, 5.74) is 0.776. The standard InChI is InChI=1S/C21H22N2O3S/c1-2-3-4-7-13-23-20(26)18(14-19(24)25)27-21(23)22-17-12-8-10-15-9-5-6-11-16(15)17/h5-6,8-12,14H,2-4,7,13H2,1H3,(H,24,25). The summed E-state index contributed by atoms with van der Waals surface area (Å²) in [5, 5.41) is 11.7. The summed E-state index contributed by atoms with van der Waals surface area (Å²) in [6.45, 7) is 2.68. The molecule has 1 amide bonds. The SMILES string of the molecule is CCCCCCN1C(=O)C(=CC(=O)O)SC1=Nc1cccc2ccccc12. The molecule has 6 heteroatoms. The van der Waals surface area contributed by atoms with Gasteiger partial charge in [-0.3, -0.25) is 9.69 Å². The van der Waals surface area contributed by atoms with Crippen molar-refractivity contribution in [2.75, 3.05) is 6.54 Å². The highest BCUT2D eigenvalue weighted by Gasteiger charge is 2.33. The number of hydrogen-bond donors (Lipinski definition) is 1. The van der Waals surface area contributed by atoms with Gasteiger partial charge in [0.15, 0.2) is 5.17 Å². The van der Waals surface area contributed by atoms with Crippen LogP contribution in [0.15, 0.2) is 58.4 Å². The molecule has 3 rings (SSSR count). The summed E-state index contributed by atoms with van der Waals surface area (Å²) < 4.78 is 0. The molecule has 0 bridgehead atoms. The summed E-state index contributed by atoms with van der Waals surface area (Å²) in [6, 6.07) is 13.8. The maximum atomic E-state index is 12.7. The van der Waals surface area contributed by atoms with E-state index in [1.807, 2.05) is 42.5 Å². The third-order valence-corrected chi connectivity index (χ3v) is 5.37. The molecule has 1 saturated heterocycles. The number of carboxylic acid groups (broad SMARTS) is 1. The molecule has 1 aliphatic rings. The smallest absolute Gasteiger partial charge is 0.329 e. The van der Waals surface area contributed by atoms with Crippen molar-refractivity contribution in [2.24, 2.45) is 4.99 Å². The van der Waals surface area contributed by atoms with Gasteiger partial charge in [-0.15, -0.1) is 0 Å². The Labute approximate surface area is 162 Å². The molecule has 1 fully saturated rings. The number of thioether (sulfide) groups is 1. The number of rotatable bonds is 7. The summed E-state index contributed by atoms with van der Waals surface area (Å²) >= 11 is 1.13. The first kappa shape index (κ1) is 19.2. The molecule has 1 heterocycles. The van der Waals surface area contributed by atoms with Crippen LogP contribution in [-0.2, 0) is 9.59 Å². The van der Waals surface area contributed by atoms with E-state index in [1.165, 1.54) is 0 Å². The Morgan fingerprint density at radius 1 is 1.15 bits per heavy atom. The lowest BCUT2D eigenvalue weighted by Gasteiger charge is -2.15. The third kappa shape index (κ3) is 4.57. The molecule has 0 aliphatic carbocycles. The molecule has 2 aromatic carbocycles. The first-order valence-electron chi connectivity index (χ1n) is 9.11. The van der Waals surface area contributed by atoms with Gasteiger partial charge in [-0.1, -0.05) is 62.6 Å². The molecular formula is C21H22N2O3S. The van der Waals surface area contributed by atoms with Gasteiger partial charge in [-0.05, 0) is 29.6 Å². The van der Waals surface area contributed by atoms with Crippen molar-refractivity contribution in [3.8, 4) is 0 Å². The highest BCUT2D eigenvalue weighted by atomic mass is 32.2. The number of amides is 1. The first-order chi connectivity index (χ1) is 13.1. The highest BCUT2D eigenvalue weighted by Crippen LogP contribution is 2.35. The Kier molecular flexibility index (Phi) is 6.29. The van der Waals surface area contributed by atoms with Gasteiger partial charge in [0.25, 0.3) is 5.91 Å². The van der Waals surface area contributed by atoms with E-state index in [2.05, 4.69) is 6.92 Å². The van der Waals surface area contributed by atoms with Crippen LogP contribution in [0.4, 0.5) is 5.69 Å². The van der Waals surface area contributed by atoms with Gasteiger partial charge in [0.2, 0.25) is 0 Å². The fourth-order valence-electron chi connectivity index (χ4n) is 3.01. The van der Waals surface area contributed by atoms with Gasteiger partial charge in [0, 0.05) is 18.0 Å². The van der Waals surface area contributed by atoms with Crippen LogP contribution in [0.3, 0.4) is 0 Å². The number of hydrogen-bond acceptors (Lipinski definition) is 4. The van der Waals surface area contributed by atoms with Crippen LogP contribution in [-0.4, -0.2) is 33.6 Å². The van der Waals surface area contributed by atoms with Crippen molar-refractivity contribution in [3.63, 3.8) is 0 Å².